The number of fused-ring (bicyclic) bond motifs is 1. The second-order valence-electron chi connectivity index (χ2n) is 3.97. The van der Waals surface area contributed by atoms with Gasteiger partial charge in [0, 0.05) is 23.5 Å². The van der Waals surface area contributed by atoms with Gasteiger partial charge >= 0.3 is 10.2 Å². The summed E-state index contributed by atoms with van der Waals surface area (Å²) in [6, 6.07) is 1.77. The number of hydrogen-bond acceptors (Lipinski definition) is 4. The van der Waals surface area contributed by atoms with E-state index >= 15 is 0 Å². The van der Waals surface area contributed by atoms with Crippen molar-refractivity contribution in [3.05, 3.63) is 29.2 Å². The zero-order valence-electron chi connectivity index (χ0n) is 9.68. The van der Waals surface area contributed by atoms with E-state index in [1.807, 2.05) is 6.92 Å². The molecule has 92 valence electrons. The van der Waals surface area contributed by atoms with E-state index in [-0.39, 0.29) is 0 Å². The van der Waals surface area contributed by atoms with Crippen molar-refractivity contribution < 1.29 is 12.3 Å². The van der Waals surface area contributed by atoms with Gasteiger partial charge in [0.05, 0.1) is 5.69 Å². The van der Waals surface area contributed by atoms with Crippen LogP contribution < -0.4 is 0 Å². The van der Waals surface area contributed by atoms with Crippen LogP contribution in [0.4, 0.5) is 3.89 Å². The van der Waals surface area contributed by atoms with E-state index in [0.717, 1.165) is 5.69 Å². The van der Waals surface area contributed by atoms with Gasteiger partial charge in [0.1, 0.15) is 5.25 Å². The molecule has 0 bridgehead atoms. The van der Waals surface area contributed by atoms with Gasteiger partial charge in [-0.3, -0.25) is 0 Å². The molecule has 2 heterocycles. The summed E-state index contributed by atoms with van der Waals surface area (Å²) in [7, 11) is -4.62. The third kappa shape index (κ3) is 2.02. The van der Waals surface area contributed by atoms with Crippen molar-refractivity contribution in [2.45, 2.75) is 26.0 Å². The van der Waals surface area contributed by atoms with Crippen LogP contribution in [0.5, 0.6) is 0 Å². The standard InChI is InChI=1S/C10H12FN3O2S/c1-6-4-10-12-5-9(7(2)14(10)13-6)8(3)17(11,15)16/h4-5,8H,1-3H3. The van der Waals surface area contributed by atoms with Gasteiger partial charge in [-0.05, 0) is 20.8 Å². The van der Waals surface area contributed by atoms with Crippen LogP contribution in [0.3, 0.4) is 0 Å². The molecule has 1 unspecified atom stereocenters. The highest BCUT2D eigenvalue weighted by atomic mass is 32.3. The molecule has 0 aromatic carbocycles. The number of hydrogen-bond donors (Lipinski definition) is 0. The molecule has 0 fully saturated rings. The molecule has 0 aliphatic rings. The van der Waals surface area contributed by atoms with Gasteiger partial charge in [-0.15, -0.1) is 3.89 Å². The molecular weight excluding hydrogens is 245 g/mol. The fraction of sp³-hybridized carbons (Fsp3) is 0.400. The minimum Gasteiger partial charge on any atom is -0.237 e. The smallest absolute Gasteiger partial charge is 0.237 e. The van der Waals surface area contributed by atoms with E-state index in [1.165, 1.54) is 17.6 Å². The zero-order chi connectivity index (χ0) is 12.8. The third-order valence-corrected chi connectivity index (χ3v) is 3.84. The number of aryl methyl sites for hydroxylation is 2. The fourth-order valence-corrected chi connectivity index (χ4v) is 2.26. The van der Waals surface area contributed by atoms with Gasteiger partial charge in [-0.1, -0.05) is 0 Å². The maximum absolute atomic E-state index is 13.0. The van der Waals surface area contributed by atoms with Gasteiger partial charge in [-0.25, -0.2) is 9.50 Å². The van der Waals surface area contributed by atoms with Crippen molar-refractivity contribution in [1.29, 1.82) is 0 Å². The Hall–Kier alpha value is -1.50. The molecule has 5 nitrogen and oxygen atoms in total. The average Bonchev–Trinajstić information content (AvgIpc) is 2.58. The average molecular weight is 257 g/mol. The highest BCUT2D eigenvalue weighted by Crippen LogP contribution is 2.25. The maximum atomic E-state index is 13.0. The van der Waals surface area contributed by atoms with E-state index in [0.29, 0.717) is 16.9 Å². The van der Waals surface area contributed by atoms with Crippen molar-refractivity contribution in [2.75, 3.05) is 0 Å². The molecule has 0 radical (unpaired) electrons. The lowest BCUT2D eigenvalue weighted by molar-refractivity contribution is 0.539. The Balaban J connectivity index is 2.68. The molecule has 2 rings (SSSR count). The number of aromatic nitrogens is 3. The number of rotatable bonds is 2. The van der Waals surface area contributed by atoms with Crippen molar-refractivity contribution >= 4 is 15.9 Å². The number of nitrogens with zero attached hydrogens (tertiary/aromatic N) is 3. The summed E-state index contributed by atoms with van der Waals surface area (Å²) in [4.78, 5) is 4.07. The Kier molecular flexibility index (Phi) is 2.65. The van der Waals surface area contributed by atoms with Gasteiger partial charge < -0.3 is 0 Å². The highest BCUT2D eigenvalue weighted by molar-refractivity contribution is 7.86. The lowest BCUT2D eigenvalue weighted by Gasteiger charge is -2.10. The van der Waals surface area contributed by atoms with Crippen LogP contribution in [0.1, 0.15) is 29.1 Å². The van der Waals surface area contributed by atoms with Gasteiger partial charge in [0.15, 0.2) is 5.65 Å². The molecular formula is C10H12FN3O2S. The minimum atomic E-state index is -4.62. The van der Waals surface area contributed by atoms with Crippen molar-refractivity contribution in [1.82, 2.24) is 14.6 Å². The van der Waals surface area contributed by atoms with E-state index in [2.05, 4.69) is 10.1 Å². The Bertz CT molecular complexity index is 678. The van der Waals surface area contributed by atoms with Crippen LogP contribution in [-0.4, -0.2) is 23.0 Å². The molecule has 0 amide bonds. The molecule has 2 aromatic heterocycles. The van der Waals surface area contributed by atoms with Gasteiger partial charge in [0.2, 0.25) is 0 Å². The Labute approximate surface area is 98.5 Å². The SMILES string of the molecule is Cc1cc2ncc(C(C)S(=O)(=O)F)c(C)n2n1. The summed E-state index contributed by atoms with van der Waals surface area (Å²) in [5.41, 5.74) is 2.29. The fourth-order valence-electron chi connectivity index (χ4n) is 1.73. The topological polar surface area (TPSA) is 64.3 Å². The third-order valence-electron chi connectivity index (χ3n) is 2.74. The van der Waals surface area contributed by atoms with Crippen LogP contribution in [0, 0.1) is 13.8 Å². The van der Waals surface area contributed by atoms with Crippen LogP contribution in [0.15, 0.2) is 12.3 Å². The van der Waals surface area contributed by atoms with Crippen LogP contribution in [0.25, 0.3) is 5.65 Å². The Morgan fingerprint density at radius 1 is 1.41 bits per heavy atom. The monoisotopic (exact) mass is 257 g/mol. The summed E-state index contributed by atoms with van der Waals surface area (Å²) < 4.78 is 36.3. The largest absolute Gasteiger partial charge is 0.309 e. The first kappa shape index (κ1) is 12.0. The first-order valence-corrected chi connectivity index (χ1v) is 6.50. The van der Waals surface area contributed by atoms with E-state index < -0.39 is 15.5 Å². The second-order valence-corrected chi connectivity index (χ2v) is 5.63. The van der Waals surface area contributed by atoms with E-state index in [1.54, 1.807) is 13.0 Å². The molecule has 1 atom stereocenters. The molecule has 0 N–H and O–H groups in total. The normalized spacial score (nSPS) is 14.1. The zero-order valence-corrected chi connectivity index (χ0v) is 10.5. The molecule has 0 saturated heterocycles. The molecule has 0 spiro atoms. The molecule has 2 aromatic rings. The summed E-state index contributed by atoms with van der Waals surface area (Å²) in [5, 5.41) is 2.94. The lowest BCUT2D eigenvalue weighted by atomic mass is 10.2. The highest BCUT2D eigenvalue weighted by Gasteiger charge is 2.24. The second kappa shape index (κ2) is 3.76. The summed E-state index contributed by atoms with van der Waals surface area (Å²) in [6.07, 6.45) is 1.38. The van der Waals surface area contributed by atoms with Crippen LogP contribution in [0.2, 0.25) is 0 Å². The van der Waals surface area contributed by atoms with Crippen LogP contribution >= 0.6 is 0 Å². The van der Waals surface area contributed by atoms with Crippen molar-refractivity contribution in [2.24, 2.45) is 0 Å². The predicted octanol–water partition coefficient (Wildman–Crippen LogP) is 1.71. The van der Waals surface area contributed by atoms with Crippen LogP contribution in [-0.2, 0) is 10.2 Å². The van der Waals surface area contributed by atoms with E-state index in [9.17, 15) is 12.3 Å². The first-order valence-electron chi connectivity index (χ1n) is 5.06. The van der Waals surface area contributed by atoms with Crippen molar-refractivity contribution in [3.63, 3.8) is 0 Å². The van der Waals surface area contributed by atoms with Gasteiger partial charge in [0.25, 0.3) is 0 Å². The molecule has 7 heteroatoms. The minimum absolute atomic E-state index is 0.322. The maximum Gasteiger partial charge on any atom is 0.309 e. The molecule has 17 heavy (non-hydrogen) atoms. The first-order chi connectivity index (χ1) is 7.80. The lowest BCUT2D eigenvalue weighted by Crippen LogP contribution is -2.10. The summed E-state index contributed by atoms with van der Waals surface area (Å²) in [6.45, 7) is 4.79. The Morgan fingerprint density at radius 3 is 2.65 bits per heavy atom. The number of halogens is 1. The summed E-state index contributed by atoms with van der Waals surface area (Å²) in [5.74, 6) is 0. The molecule has 0 aliphatic heterocycles. The molecule has 0 saturated carbocycles. The predicted molar refractivity (Wildman–Crippen MR) is 60.9 cm³/mol. The molecule has 0 aliphatic carbocycles. The van der Waals surface area contributed by atoms with Gasteiger partial charge in [-0.2, -0.15) is 13.5 Å². The Morgan fingerprint density at radius 2 is 2.06 bits per heavy atom. The van der Waals surface area contributed by atoms with E-state index in [4.69, 9.17) is 0 Å². The van der Waals surface area contributed by atoms with Crippen molar-refractivity contribution in [3.8, 4) is 0 Å². The quantitative estimate of drug-likeness (QED) is 0.768. The summed E-state index contributed by atoms with van der Waals surface area (Å²) >= 11 is 0.